The highest BCUT2D eigenvalue weighted by molar-refractivity contribution is 8.93. The molecule has 0 aromatic heterocycles. The van der Waals surface area contributed by atoms with Gasteiger partial charge in [-0.1, -0.05) is 201 Å². The van der Waals surface area contributed by atoms with Crippen LogP contribution in [-0.4, -0.2) is 5.54 Å². The number of hydrogen-bond acceptors (Lipinski definition) is 1. The zero-order valence-corrected chi connectivity index (χ0v) is 28.1. The summed E-state index contributed by atoms with van der Waals surface area (Å²) in [5.41, 5.74) is 7.23. The molecule has 0 rings (SSSR count). The highest BCUT2D eigenvalue weighted by Gasteiger charge is 2.23. The molecule has 37 heavy (non-hydrogen) atoms. The summed E-state index contributed by atoms with van der Waals surface area (Å²) in [5.74, 6) is 0. The van der Waals surface area contributed by atoms with Crippen LogP contribution in [0.5, 0.6) is 0 Å². The van der Waals surface area contributed by atoms with Gasteiger partial charge in [0.25, 0.3) is 0 Å². The second kappa shape index (κ2) is 32.7. The predicted octanol–water partition coefficient (Wildman–Crippen LogP) is 13.4. The van der Waals surface area contributed by atoms with Crippen molar-refractivity contribution in [1.82, 2.24) is 0 Å². The summed E-state index contributed by atoms with van der Waals surface area (Å²) in [6.45, 7) is 6.93. The summed E-state index contributed by atoms with van der Waals surface area (Å²) in [6.07, 6.45) is 43.6. The van der Waals surface area contributed by atoms with Crippen molar-refractivity contribution in [3.63, 3.8) is 0 Å². The van der Waals surface area contributed by atoms with Crippen molar-refractivity contribution in [2.75, 3.05) is 0 Å². The summed E-state index contributed by atoms with van der Waals surface area (Å²) in [7, 11) is 0. The summed E-state index contributed by atoms with van der Waals surface area (Å²) < 4.78 is 0. The van der Waals surface area contributed by atoms with E-state index >= 15 is 0 Å². The second-order valence-electron chi connectivity index (χ2n) is 12.5. The van der Waals surface area contributed by atoms with Crippen LogP contribution in [0.2, 0.25) is 0 Å². The lowest BCUT2D eigenvalue weighted by molar-refractivity contribution is 0.302. The number of halogens is 1. The Labute approximate surface area is 247 Å². The van der Waals surface area contributed by atoms with Crippen molar-refractivity contribution in [1.29, 1.82) is 0 Å². The van der Waals surface area contributed by atoms with Crippen LogP contribution in [0.1, 0.15) is 220 Å². The first kappa shape index (κ1) is 39.6. The minimum absolute atomic E-state index is 0. The van der Waals surface area contributed by atoms with Crippen LogP contribution < -0.4 is 5.73 Å². The standard InChI is InChI=1S/C35H73N.BrH/c1-4-7-10-13-16-19-22-25-28-31-34-35(36,32-29-26-23-20-17-14-11-8-5-2)33-30-27-24-21-18-15-12-9-6-3;/h4-34,36H2,1-3H3;1H. The van der Waals surface area contributed by atoms with Crippen LogP contribution in [0.25, 0.3) is 0 Å². The van der Waals surface area contributed by atoms with E-state index in [1.54, 1.807) is 0 Å². The van der Waals surface area contributed by atoms with Crippen molar-refractivity contribution >= 4 is 17.0 Å². The molecule has 0 bridgehead atoms. The molecule has 0 spiro atoms. The molecule has 0 unspecified atom stereocenters. The van der Waals surface area contributed by atoms with Crippen LogP contribution >= 0.6 is 17.0 Å². The number of hydrogen-bond donors (Lipinski definition) is 1. The van der Waals surface area contributed by atoms with Crippen LogP contribution in [0.15, 0.2) is 0 Å². The molecule has 0 atom stereocenters. The molecule has 0 heterocycles. The van der Waals surface area contributed by atoms with E-state index in [0.29, 0.717) is 0 Å². The molecule has 1 nitrogen and oxygen atoms in total. The van der Waals surface area contributed by atoms with Gasteiger partial charge >= 0.3 is 0 Å². The molecule has 226 valence electrons. The van der Waals surface area contributed by atoms with Crippen molar-refractivity contribution in [3.05, 3.63) is 0 Å². The van der Waals surface area contributed by atoms with Gasteiger partial charge in [-0.05, 0) is 19.3 Å². The van der Waals surface area contributed by atoms with Gasteiger partial charge in [0, 0.05) is 5.54 Å². The van der Waals surface area contributed by atoms with Crippen molar-refractivity contribution in [2.24, 2.45) is 5.73 Å². The lowest BCUT2D eigenvalue weighted by Crippen LogP contribution is -2.39. The molecule has 2 N–H and O–H groups in total. The van der Waals surface area contributed by atoms with E-state index in [9.17, 15) is 0 Å². The van der Waals surface area contributed by atoms with E-state index in [1.807, 2.05) is 0 Å². The quantitative estimate of drug-likeness (QED) is 0.0801. The van der Waals surface area contributed by atoms with Crippen LogP contribution in [0, 0.1) is 0 Å². The summed E-state index contributed by atoms with van der Waals surface area (Å²) in [4.78, 5) is 0. The van der Waals surface area contributed by atoms with E-state index < -0.39 is 0 Å². The molecule has 0 aromatic rings. The van der Waals surface area contributed by atoms with E-state index in [1.165, 1.54) is 199 Å². The molecule has 0 saturated carbocycles. The molecule has 0 fully saturated rings. The SMILES string of the molecule is Br.CCCCCCCCCCCCC(N)(CCCCCCCCCCC)CCCCCCCCCCC. The Kier molecular flexibility index (Phi) is 34.9. The van der Waals surface area contributed by atoms with Crippen LogP contribution in [0.4, 0.5) is 0 Å². The minimum Gasteiger partial charge on any atom is -0.325 e. The monoisotopic (exact) mass is 588 g/mol. The molecule has 0 aliphatic carbocycles. The highest BCUT2D eigenvalue weighted by atomic mass is 79.9. The maximum Gasteiger partial charge on any atom is 0.0154 e. The number of rotatable bonds is 31. The lowest BCUT2D eigenvalue weighted by atomic mass is 9.82. The van der Waals surface area contributed by atoms with Gasteiger partial charge < -0.3 is 5.73 Å². The fraction of sp³-hybridized carbons (Fsp3) is 1.00. The average molecular weight is 589 g/mol. The first-order chi connectivity index (χ1) is 17.7. The summed E-state index contributed by atoms with van der Waals surface area (Å²) >= 11 is 0. The van der Waals surface area contributed by atoms with Crippen LogP contribution in [0.3, 0.4) is 0 Å². The van der Waals surface area contributed by atoms with Gasteiger partial charge in [0.15, 0.2) is 0 Å². The third-order valence-electron chi connectivity index (χ3n) is 8.58. The van der Waals surface area contributed by atoms with Crippen molar-refractivity contribution < 1.29 is 0 Å². The summed E-state index contributed by atoms with van der Waals surface area (Å²) in [6, 6.07) is 0. The fourth-order valence-corrected chi connectivity index (χ4v) is 5.91. The van der Waals surface area contributed by atoms with Gasteiger partial charge in [0.2, 0.25) is 0 Å². The Morgan fingerprint density at radius 1 is 0.297 bits per heavy atom. The fourth-order valence-electron chi connectivity index (χ4n) is 5.91. The molecule has 0 aromatic carbocycles. The molecule has 0 aliphatic heterocycles. The predicted molar refractivity (Wildman–Crippen MR) is 177 cm³/mol. The third-order valence-corrected chi connectivity index (χ3v) is 8.58. The zero-order valence-electron chi connectivity index (χ0n) is 26.4. The lowest BCUT2D eigenvalue weighted by Gasteiger charge is -2.30. The topological polar surface area (TPSA) is 26.0 Å². The van der Waals surface area contributed by atoms with Crippen molar-refractivity contribution in [3.8, 4) is 0 Å². The Bertz CT molecular complexity index is 375. The third kappa shape index (κ3) is 30.8. The molecule has 0 saturated heterocycles. The molecular weight excluding hydrogens is 514 g/mol. The van der Waals surface area contributed by atoms with Crippen molar-refractivity contribution in [2.45, 2.75) is 225 Å². The Morgan fingerprint density at radius 2 is 0.459 bits per heavy atom. The second-order valence-corrected chi connectivity index (χ2v) is 12.5. The molecule has 2 heteroatoms. The van der Waals surface area contributed by atoms with E-state index in [4.69, 9.17) is 5.73 Å². The normalized spacial score (nSPS) is 11.7. The first-order valence-corrected chi connectivity index (χ1v) is 17.5. The van der Waals surface area contributed by atoms with Gasteiger partial charge in [-0.25, -0.2) is 0 Å². The van der Waals surface area contributed by atoms with Gasteiger partial charge in [0.05, 0.1) is 0 Å². The highest BCUT2D eigenvalue weighted by Crippen LogP contribution is 2.27. The van der Waals surface area contributed by atoms with Gasteiger partial charge in [-0.15, -0.1) is 17.0 Å². The van der Waals surface area contributed by atoms with Gasteiger partial charge in [-0.3, -0.25) is 0 Å². The maximum atomic E-state index is 7.10. The average Bonchev–Trinajstić information content (AvgIpc) is 2.88. The smallest absolute Gasteiger partial charge is 0.0154 e. The van der Waals surface area contributed by atoms with Gasteiger partial charge in [0.1, 0.15) is 0 Å². The molecular formula is C35H74BrN. The van der Waals surface area contributed by atoms with E-state index in [2.05, 4.69) is 20.8 Å². The van der Waals surface area contributed by atoms with Crippen LogP contribution in [-0.2, 0) is 0 Å². The summed E-state index contributed by atoms with van der Waals surface area (Å²) in [5, 5.41) is 0. The largest absolute Gasteiger partial charge is 0.325 e. The Hall–Kier alpha value is 0.440. The Balaban J connectivity index is 0. The molecule has 0 radical (unpaired) electrons. The van der Waals surface area contributed by atoms with Gasteiger partial charge in [-0.2, -0.15) is 0 Å². The molecule has 0 amide bonds. The zero-order chi connectivity index (χ0) is 26.4. The first-order valence-electron chi connectivity index (χ1n) is 17.5. The van der Waals surface area contributed by atoms with E-state index in [-0.39, 0.29) is 22.5 Å². The molecule has 0 aliphatic rings. The maximum absolute atomic E-state index is 7.10. The van der Waals surface area contributed by atoms with E-state index in [0.717, 1.165) is 0 Å². The number of unbranched alkanes of at least 4 members (excludes halogenated alkanes) is 25. The minimum atomic E-state index is 0. The Morgan fingerprint density at radius 3 is 0.649 bits per heavy atom. The number of nitrogens with two attached hydrogens (primary N) is 1.